The third kappa shape index (κ3) is 5.01. The Bertz CT molecular complexity index is 1680. The first-order chi connectivity index (χ1) is 19.1. The average Bonchev–Trinajstić information content (AvgIpc) is 3.61. The molecule has 0 atom stereocenters. The standard InChI is InChI=1S/C27H25ClN8O3/c28-21-13-17(1-4-24(21)39-12-7-35-6-5-30-16-35)22-15-20(27(37)33-34-29)26-25(31-22)19-3-2-18(14-23(19)32-26)36-8-10-38-11-9-36/h1-6,13-16,32H,7-12H2,(H2,29,33,37). The summed E-state index contributed by atoms with van der Waals surface area (Å²) in [4.78, 5) is 27.5. The number of imidazole rings is 1. The summed E-state index contributed by atoms with van der Waals surface area (Å²) in [6, 6.07) is 13.2. The summed E-state index contributed by atoms with van der Waals surface area (Å²) in [6.07, 6.45) is 5.32. The average molecular weight is 545 g/mol. The molecule has 0 spiro atoms. The van der Waals surface area contributed by atoms with E-state index in [1.165, 1.54) is 0 Å². The van der Waals surface area contributed by atoms with Crippen LogP contribution in [-0.2, 0) is 11.3 Å². The van der Waals surface area contributed by atoms with E-state index in [0.29, 0.717) is 59.4 Å². The summed E-state index contributed by atoms with van der Waals surface area (Å²) < 4.78 is 13.3. The van der Waals surface area contributed by atoms with E-state index in [4.69, 9.17) is 31.9 Å². The van der Waals surface area contributed by atoms with E-state index in [1.807, 2.05) is 22.9 Å². The van der Waals surface area contributed by atoms with Crippen LogP contribution in [0.25, 0.3) is 33.2 Å². The lowest BCUT2D eigenvalue weighted by Gasteiger charge is -2.28. The van der Waals surface area contributed by atoms with Gasteiger partial charge in [0.1, 0.15) is 12.4 Å². The van der Waals surface area contributed by atoms with Crippen molar-refractivity contribution in [2.45, 2.75) is 6.54 Å². The molecule has 0 aliphatic carbocycles. The number of carbonyl (C=O) groups is 1. The Hall–Kier alpha value is -4.48. The first kappa shape index (κ1) is 24.8. The third-order valence-corrected chi connectivity index (χ3v) is 6.98. The highest BCUT2D eigenvalue weighted by Crippen LogP contribution is 2.35. The molecule has 39 heavy (non-hydrogen) atoms. The second-order valence-corrected chi connectivity index (χ2v) is 9.45. The van der Waals surface area contributed by atoms with E-state index in [9.17, 15) is 4.79 Å². The maximum atomic E-state index is 12.9. The van der Waals surface area contributed by atoms with E-state index in [1.54, 1.807) is 30.7 Å². The SMILES string of the molecule is NN=NC(=O)c1cc(-c2ccc(OCCn3ccnc3)c(Cl)c2)nc2c1[nH]c1cc(N3CCOCC3)ccc12. The van der Waals surface area contributed by atoms with Crippen LogP contribution in [0.3, 0.4) is 0 Å². The molecule has 1 fully saturated rings. The van der Waals surface area contributed by atoms with E-state index in [-0.39, 0.29) is 0 Å². The molecule has 3 N–H and O–H groups in total. The molecule has 0 radical (unpaired) electrons. The normalized spacial score (nSPS) is 14.0. The van der Waals surface area contributed by atoms with Crippen molar-refractivity contribution in [3.8, 4) is 17.0 Å². The molecule has 11 nitrogen and oxygen atoms in total. The molecule has 1 aliphatic heterocycles. The third-order valence-electron chi connectivity index (χ3n) is 6.69. The van der Waals surface area contributed by atoms with Gasteiger partial charge < -0.3 is 29.8 Å². The fraction of sp³-hybridized carbons (Fsp3) is 0.222. The molecule has 0 bridgehead atoms. The Morgan fingerprint density at radius 2 is 2.05 bits per heavy atom. The number of ether oxygens (including phenoxy) is 2. The maximum absolute atomic E-state index is 12.9. The first-order valence-corrected chi connectivity index (χ1v) is 12.8. The zero-order valence-corrected chi connectivity index (χ0v) is 21.6. The number of hydrogen-bond donors (Lipinski definition) is 2. The second kappa shape index (κ2) is 10.7. The molecule has 2 aromatic carbocycles. The summed E-state index contributed by atoms with van der Waals surface area (Å²) in [6.45, 7) is 4.10. The molecule has 1 amide bonds. The molecule has 4 heterocycles. The highest BCUT2D eigenvalue weighted by atomic mass is 35.5. The summed E-state index contributed by atoms with van der Waals surface area (Å²) in [5.74, 6) is 5.19. The van der Waals surface area contributed by atoms with Gasteiger partial charge in [0.15, 0.2) is 0 Å². The van der Waals surface area contributed by atoms with Crippen molar-refractivity contribution in [2.24, 2.45) is 16.2 Å². The molecule has 12 heteroatoms. The number of anilines is 1. The van der Waals surface area contributed by atoms with Gasteiger partial charge in [-0.05, 0) is 42.5 Å². The van der Waals surface area contributed by atoms with Gasteiger partial charge in [-0.15, -0.1) is 0 Å². The number of amides is 1. The number of fused-ring (bicyclic) bond motifs is 3. The smallest absolute Gasteiger partial charge is 0.299 e. The predicted octanol–water partition coefficient (Wildman–Crippen LogP) is 4.61. The highest BCUT2D eigenvalue weighted by Gasteiger charge is 2.20. The quantitative estimate of drug-likeness (QED) is 0.173. The summed E-state index contributed by atoms with van der Waals surface area (Å²) in [5.41, 5.74) is 4.73. The Labute approximate surface area is 228 Å². The fourth-order valence-electron chi connectivity index (χ4n) is 4.74. The molecule has 0 unspecified atom stereocenters. The first-order valence-electron chi connectivity index (χ1n) is 12.4. The summed E-state index contributed by atoms with van der Waals surface area (Å²) in [7, 11) is 0. The predicted molar refractivity (Wildman–Crippen MR) is 148 cm³/mol. The number of nitrogens with one attached hydrogen (secondary N) is 1. The van der Waals surface area contributed by atoms with Crippen LogP contribution >= 0.6 is 11.6 Å². The van der Waals surface area contributed by atoms with Gasteiger partial charge in [0, 0.05) is 42.1 Å². The van der Waals surface area contributed by atoms with Gasteiger partial charge in [0.25, 0.3) is 5.91 Å². The number of nitrogens with zero attached hydrogens (tertiary/aromatic N) is 6. The number of aromatic amines is 1. The van der Waals surface area contributed by atoms with Crippen LogP contribution in [0.4, 0.5) is 5.69 Å². The van der Waals surface area contributed by atoms with E-state index >= 15 is 0 Å². The maximum Gasteiger partial charge on any atom is 0.299 e. The van der Waals surface area contributed by atoms with Crippen LogP contribution in [0.1, 0.15) is 10.4 Å². The van der Waals surface area contributed by atoms with Crippen LogP contribution in [0.5, 0.6) is 5.75 Å². The molecule has 6 rings (SSSR count). The van der Waals surface area contributed by atoms with Crippen molar-refractivity contribution in [3.05, 3.63) is 71.8 Å². The second-order valence-electron chi connectivity index (χ2n) is 9.05. The van der Waals surface area contributed by atoms with Gasteiger partial charge in [-0.2, -0.15) is 0 Å². The van der Waals surface area contributed by atoms with Crippen molar-refractivity contribution in [1.29, 1.82) is 0 Å². The molecule has 1 saturated heterocycles. The number of halogens is 1. The number of rotatable bonds is 7. The van der Waals surface area contributed by atoms with E-state index in [0.717, 1.165) is 35.2 Å². The molecule has 198 valence electrons. The van der Waals surface area contributed by atoms with Crippen LogP contribution in [-0.4, -0.2) is 58.3 Å². The van der Waals surface area contributed by atoms with Crippen LogP contribution in [0.15, 0.2) is 71.5 Å². The van der Waals surface area contributed by atoms with Crippen molar-refractivity contribution < 1.29 is 14.3 Å². The fourth-order valence-corrected chi connectivity index (χ4v) is 4.98. The molecule has 1 aliphatic rings. The monoisotopic (exact) mass is 544 g/mol. The number of H-pyrrole nitrogens is 1. The van der Waals surface area contributed by atoms with E-state index < -0.39 is 5.91 Å². The topological polar surface area (TPSA) is 136 Å². The Morgan fingerprint density at radius 3 is 2.82 bits per heavy atom. The lowest BCUT2D eigenvalue weighted by molar-refractivity contribution is 0.0995. The van der Waals surface area contributed by atoms with Crippen molar-refractivity contribution in [1.82, 2.24) is 19.5 Å². The van der Waals surface area contributed by atoms with Crippen LogP contribution in [0.2, 0.25) is 5.02 Å². The molecule has 3 aromatic heterocycles. The number of benzene rings is 2. The number of pyridine rings is 1. The molecular formula is C27H25ClN8O3. The van der Waals surface area contributed by atoms with Gasteiger partial charge in [-0.3, -0.25) is 4.79 Å². The highest BCUT2D eigenvalue weighted by molar-refractivity contribution is 6.32. The minimum atomic E-state index is -0.573. The van der Waals surface area contributed by atoms with Gasteiger partial charge in [-0.25, -0.2) is 9.97 Å². The minimum absolute atomic E-state index is 0.310. The lowest BCUT2D eigenvalue weighted by atomic mass is 10.1. The van der Waals surface area contributed by atoms with Crippen molar-refractivity contribution >= 4 is 45.1 Å². The zero-order chi connectivity index (χ0) is 26.8. The molecular weight excluding hydrogens is 520 g/mol. The number of nitrogens with two attached hydrogens (primary N) is 1. The number of aromatic nitrogens is 4. The zero-order valence-electron chi connectivity index (χ0n) is 20.9. The van der Waals surface area contributed by atoms with Crippen LogP contribution in [0, 0.1) is 0 Å². The summed E-state index contributed by atoms with van der Waals surface area (Å²) >= 11 is 6.57. The van der Waals surface area contributed by atoms with Crippen molar-refractivity contribution in [2.75, 3.05) is 37.8 Å². The van der Waals surface area contributed by atoms with E-state index in [2.05, 4.69) is 37.3 Å². The number of carbonyl (C=O) groups excluding carboxylic acids is 1. The van der Waals surface area contributed by atoms with Gasteiger partial charge >= 0.3 is 0 Å². The Balaban J connectivity index is 1.37. The molecule has 0 saturated carbocycles. The summed E-state index contributed by atoms with van der Waals surface area (Å²) in [5, 5.41) is 8.09. The largest absolute Gasteiger partial charge is 0.490 e. The number of morpholine rings is 1. The number of hydrogen-bond acceptors (Lipinski definition) is 7. The Morgan fingerprint density at radius 1 is 1.18 bits per heavy atom. The van der Waals surface area contributed by atoms with Gasteiger partial charge in [-0.1, -0.05) is 21.9 Å². The van der Waals surface area contributed by atoms with Gasteiger partial charge in [0.2, 0.25) is 0 Å². The lowest BCUT2D eigenvalue weighted by Crippen LogP contribution is -2.36. The van der Waals surface area contributed by atoms with Gasteiger partial charge in [0.05, 0.1) is 58.9 Å². The Kier molecular flexibility index (Phi) is 6.82. The van der Waals surface area contributed by atoms with Crippen LogP contribution < -0.4 is 15.5 Å². The van der Waals surface area contributed by atoms with Crippen molar-refractivity contribution in [3.63, 3.8) is 0 Å². The minimum Gasteiger partial charge on any atom is -0.490 e. The molecule has 5 aromatic rings.